The number of carbonyl (C=O) groups is 1. The lowest BCUT2D eigenvalue weighted by molar-refractivity contribution is 0.191. The van der Waals surface area contributed by atoms with Gasteiger partial charge in [-0.3, -0.25) is 0 Å². The Balaban J connectivity index is 2.90. The predicted octanol–water partition coefficient (Wildman–Crippen LogP) is 1.73. The fourth-order valence-corrected chi connectivity index (χ4v) is 1.23. The van der Waals surface area contributed by atoms with E-state index in [1.165, 1.54) is 13.2 Å². The van der Waals surface area contributed by atoms with E-state index in [0.29, 0.717) is 5.75 Å². The van der Waals surface area contributed by atoms with E-state index in [0.717, 1.165) is 5.56 Å². The molecule has 0 bridgehead atoms. The lowest BCUT2D eigenvalue weighted by atomic mass is 10.1. The summed E-state index contributed by atoms with van der Waals surface area (Å²) < 4.78 is 4.92. The highest BCUT2D eigenvalue weighted by molar-refractivity contribution is 5.65. The summed E-state index contributed by atoms with van der Waals surface area (Å²) in [6.45, 7) is 1.71. The topological polar surface area (TPSA) is 78.8 Å². The van der Waals surface area contributed by atoms with E-state index in [-0.39, 0.29) is 11.8 Å². The summed E-state index contributed by atoms with van der Waals surface area (Å²) in [4.78, 5) is 10.4. The molecule has 0 radical (unpaired) electrons. The Labute approximate surface area is 87.3 Å². The van der Waals surface area contributed by atoms with Gasteiger partial charge in [-0.25, -0.2) is 4.79 Å². The molecule has 0 aliphatic carbocycles. The zero-order chi connectivity index (χ0) is 11.4. The Kier molecular flexibility index (Phi) is 3.38. The van der Waals surface area contributed by atoms with Gasteiger partial charge in [-0.1, -0.05) is 6.07 Å². The van der Waals surface area contributed by atoms with Gasteiger partial charge in [0.2, 0.25) is 0 Å². The van der Waals surface area contributed by atoms with Crippen LogP contribution in [0.4, 0.5) is 4.79 Å². The van der Waals surface area contributed by atoms with Gasteiger partial charge in [0.15, 0.2) is 11.5 Å². The molecule has 0 saturated carbocycles. The van der Waals surface area contributed by atoms with E-state index < -0.39 is 6.09 Å². The first-order chi connectivity index (χ1) is 7.04. The van der Waals surface area contributed by atoms with Crippen molar-refractivity contribution in [3.63, 3.8) is 0 Å². The minimum atomic E-state index is -1.09. The maximum absolute atomic E-state index is 10.4. The lowest BCUT2D eigenvalue weighted by Crippen LogP contribution is -2.24. The average molecular weight is 211 g/mol. The summed E-state index contributed by atoms with van der Waals surface area (Å²) in [6.07, 6.45) is -1.09. The Morgan fingerprint density at radius 3 is 2.73 bits per heavy atom. The van der Waals surface area contributed by atoms with Gasteiger partial charge in [-0.15, -0.1) is 0 Å². The second-order valence-electron chi connectivity index (χ2n) is 3.10. The number of methoxy groups -OCH3 is 1. The maximum Gasteiger partial charge on any atom is 0.405 e. The van der Waals surface area contributed by atoms with Crippen molar-refractivity contribution < 1.29 is 19.7 Å². The summed E-state index contributed by atoms with van der Waals surface area (Å²) in [6, 6.07) is 4.35. The molecule has 1 rings (SSSR count). The van der Waals surface area contributed by atoms with E-state index in [1.54, 1.807) is 19.1 Å². The van der Waals surface area contributed by atoms with Crippen molar-refractivity contribution in [1.82, 2.24) is 5.32 Å². The number of hydrogen-bond donors (Lipinski definition) is 3. The molecule has 0 saturated heterocycles. The van der Waals surface area contributed by atoms with Crippen LogP contribution in [-0.2, 0) is 0 Å². The van der Waals surface area contributed by atoms with Gasteiger partial charge in [-0.05, 0) is 24.6 Å². The number of phenolic OH excluding ortho intramolecular Hbond substituents is 1. The Morgan fingerprint density at radius 1 is 1.53 bits per heavy atom. The van der Waals surface area contributed by atoms with Gasteiger partial charge < -0.3 is 20.3 Å². The molecule has 1 unspecified atom stereocenters. The summed E-state index contributed by atoms with van der Waals surface area (Å²) >= 11 is 0. The number of amides is 1. The third-order valence-electron chi connectivity index (χ3n) is 2.04. The van der Waals surface area contributed by atoms with Crippen molar-refractivity contribution in [2.45, 2.75) is 13.0 Å². The first-order valence-electron chi connectivity index (χ1n) is 4.41. The smallest absolute Gasteiger partial charge is 0.405 e. The van der Waals surface area contributed by atoms with Gasteiger partial charge in [0.1, 0.15) is 0 Å². The minimum Gasteiger partial charge on any atom is -0.504 e. The molecular weight excluding hydrogens is 198 g/mol. The number of aromatic hydroxyl groups is 1. The molecule has 1 aromatic rings. The molecule has 1 amide bonds. The number of benzene rings is 1. The van der Waals surface area contributed by atoms with Crippen LogP contribution >= 0.6 is 0 Å². The molecule has 1 atom stereocenters. The van der Waals surface area contributed by atoms with E-state index in [1.807, 2.05) is 0 Å². The fraction of sp³-hybridized carbons (Fsp3) is 0.300. The molecule has 3 N–H and O–H groups in total. The highest BCUT2D eigenvalue weighted by Gasteiger charge is 2.10. The first-order valence-corrected chi connectivity index (χ1v) is 4.41. The Hall–Kier alpha value is -1.91. The molecule has 5 nitrogen and oxygen atoms in total. The van der Waals surface area contributed by atoms with E-state index in [4.69, 9.17) is 9.84 Å². The van der Waals surface area contributed by atoms with Gasteiger partial charge in [0, 0.05) is 0 Å². The summed E-state index contributed by atoms with van der Waals surface area (Å²) in [5.74, 6) is 0.357. The Morgan fingerprint density at radius 2 is 2.20 bits per heavy atom. The van der Waals surface area contributed by atoms with Crippen LogP contribution in [0.2, 0.25) is 0 Å². The zero-order valence-corrected chi connectivity index (χ0v) is 8.52. The van der Waals surface area contributed by atoms with Gasteiger partial charge in [-0.2, -0.15) is 0 Å². The first kappa shape index (κ1) is 11.2. The molecule has 0 fully saturated rings. The summed E-state index contributed by atoms with van der Waals surface area (Å²) in [5, 5.41) is 20.2. The van der Waals surface area contributed by atoms with E-state index in [2.05, 4.69) is 5.32 Å². The fourth-order valence-electron chi connectivity index (χ4n) is 1.23. The summed E-state index contributed by atoms with van der Waals surface area (Å²) in [5.41, 5.74) is 0.729. The number of carboxylic acid groups (broad SMARTS) is 1. The molecule has 0 spiro atoms. The molecule has 5 heteroatoms. The minimum absolute atomic E-state index is 0.0313. The summed E-state index contributed by atoms with van der Waals surface area (Å²) in [7, 11) is 1.44. The molecule has 0 heterocycles. The van der Waals surface area contributed by atoms with Crippen LogP contribution in [0.1, 0.15) is 18.5 Å². The van der Waals surface area contributed by atoms with Gasteiger partial charge in [0.05, 0.1) is 13.2 Å². The normalized spacial score (nSPS) is 11.9. The molecule has 0 aliphatic rings. The van der Waals surface area contributed by atoms with Crippen molar-refractivity contribution in [2.75, 3.05) is 7.11 Å². The molecule has 82 valence electrons. The molecule has 15 heavy (non-hydrogen) atoms. The lowest BCUT2D eigenvalue weighted by Gasteiger charge is -2.13. The second kappa shape index (κ2) is 4.54. The number of rotatable bonds is 3. The number of phenols is 1. The van der Waals surface area contributed by atoms with Gasteiger partial charge in [0.25, 0.3) is 0 Å². The third-order valence-corrected chi connectivity index (χ3v) is 2.04. The van der Waals surface area contributed by atoms with E-state index in [9.17, 15) is 9.90 Å². The molecule has 0 aromatic heterocycles. The van der Waals surface area contributed by atoms with Crippen molar-refractivity contribution >= 4 is 6.09 Å². The molecule has 1 aromatic carbocycles. The Bertz CT molecular complexity index is 364. The number of ether oxygens (including phenoxy) is 1. The quantitative estimate of drug-likeness (QED) is 0.711. The maximum atomic E-state index is 10.4. The number of nitrogens with one attached hydrogen (secondary N) is 1. The van der Waals surface area contributed by atoms with E-state index >= 15 is 0 Å². The molecular formula is C10H13NO4. The number of hydrogen-bond acceptors (Lipinski definition) is 3. The molecule has 0 aliphatic heterocycles. The largest absolute Gasteiger partial charge is 0.504 e. The SMILES string of the molecule is COc1cc(C(C)NC(=O)O)ccc1O. The van der Waals surface area contributed by atoms with Crippen LogP contribution < -0.4 is 10.1 Å². The standard InChI is InChI=1S/C10H13NO4/c1-6(11-10(13)14)7-3-4-8(12)9(5-7)15-2/h3-6,11-12H,1-2H3,(H,13,14). The van der Waals surface area contributed by atoms with Crippen LogP contribution in [-0.4, -0.2) is 23.4 Å². The van der Waals surface area contributed by atoms with Crippen molar-refractivity contribution in [3.8, 4) is 11.5 Å². The van der Waals surface area contributed by atoms with Crippen LogP contribution in [0.15, 0.2) is 18.2 Å². The van der Waals surface area contributed by atoms with Crippen LogP contribution in [0.5, 0.6) is 11.5 Å². The van der Waals surface area contributed by atoms with Crippen molar-refractivity contribution in [3.05, 3.63) is 23.8 Å². The third kappa shape index (κ3) is 2.77. The van der Waals surface area contributed by atoms with Crippen molar-refractivity contribution in [1.29, 1.82) is 0 Å². The highest BCUT2D eigenvalue weighted by atomic mass is 16.5. The highest BCUT2D eigenvalue weighted by Crippen LogP contribution is 2.28. The van der Waals surface area contributed by atoms with Gasteiger partial charge >= 0.3 is 6.09 Å². The van der Waals surface area contributed by atoms with Crippen molar-refractivity contribution in [2.24, 2.45) is 0 Å². The second-order valence-corrected chi connectivity index (χ2v) is 3.10. The average Bonchev–Trinajstić information content (AvgIpc) is 2.17. The van der Waals surface area contributed by atoms with Crippen LogP contribution in [0, 0.1) is 0 Å². The van der Waals surface area contributed by atoms with Crippen LogP contribution in [0.3, 0.4) is 0 Å². The zero-order valence-electron chi connectivity index (χ0n) is 8.52. The monoisotopic (exact) mass is 211 g/mol. The predicted molar refractivity (Wildman–Crippen MR) is 54.2 cm³/mol. The van der Waals surface area contributed by atoms with Crippen LogP contribution in [0.25, 0.3) is 0 Å².